The molecule has 2 rings (SSSR count). The van der Waals surface area contributed by atoms with Crippen molar-refractivity contribution in [3.63, 3.8) is 0 Å². The molecule has 2 aromatic rings. The monoisotopic (exact) mass is 328 g/mol. The fraction of sp³-hybridized carbons (Fsp3) is 0.231. The fourth-order valence-electron chi connectivity index (χ4n) is 1.70. The van der Waals surface area contributed by atoms with Crippen LogP contribution in [-0.2, 0) is 6.42 Å². The molecule has 0 saturated carbocycles. The van der Waals surface area contributed by atoms with E-state index < -0.39 is 6.10 Å². The van der Waals surface area contributed by atoms with Crippen LogP contribution >= 0.6 is 39.0 Å². The van der Waals surface area contributed by atoms with Crippen LogP contribution in [0.3, 0.4) is 0 Å². The Bertz CT molecular complexity index is 496. The zero-order valence-corrected chi connectivity index (χ0v) is 12.6. The van der Waals surface area contributed by atoms with Gasteiger partial charge in [-0.3, -0.25) is 0 Å². The van der Waals surface area contributed by atoms with Crippen LogP contribution in [0.15, 0.2) is 45.1 Å². The van der Waals surface area contributed by atoms with Crippen LogP contribution in [0.4, 0.5) is 0 Å². The first-order valence-corrected chi connectivity index (χ1v) is 8.09. The number of thioether (sulfide) groups is 1. The molecule has 0 aliphatic heterocycles. The van der Waals surface area contributed by atoms with Crippen molar-refractivity contribution in [3.05, 3.63) is 50.6 Å². The summed E-state index contributed by atoms with van der Waals surface area (Å²) in [5.41, 5.74) is 1.02. The maximum atomic E-state index is 10.3. The van der Waals surface area contributed by atoms with Crippen molar-refractivity contribution >= 4 is 39.0 Å². The van der Waals surface area contributed by atoms with Gasteiger partial charge in [-0.2, -0.15) is 0 Å². The highest BCUT2D eigenvalue weighted by atomic mass is 79.9. The molecule has 0 radical (unpaired) electrons. The Kier molecular flexibility index (Phi) is 4.68. The predicted octanol–water partition coefficient (Wildman–Crippen LogP) is 4.51. The van der Waals surface area contributed by atoms with E-state index in [-0.39, 0.29) is 0 Å². The SMILES string of the molecule is CSc1ccccc1C(O)Cc1ccc(Br)s1. The van der Waals surface area contributed by atoms with Crippen molar-refractivity contribution in [3.8, 4) is 0 Å². The van der Waals surface area contributed by atoms with Crippen molar-refractivity contribution in [2.45, 2.75) is 17.4 Å². The minimum absolute atomic E-state index is 0.427. The number of thiophene rings is 1. The number of rotatable bonds is 4. The van der Waals surface area contributed by atoms with E-state index in [0.29, 0.717) is 6.42 Å². The van der Waals surface area contributed by atoms with Crippen molar-refractivity contribution in [2.24, 2.45) is 0 Å². The molecule has 0 bridgehead atoms. The lowest BCUT2D eigenvalue weighted by Crippen LogP contribution is -2.01. The number of benzene rings is 1. The predicted molar refractivity (Wildman–Crippen MR) is 78.9 cm³/mol. The van der Waals surface area contributed by atoms with Crippen LogP contribution in [0.5, 0.6) is 0 Å². The summed E-state index contributed by atoms with van der Waals surface area (Å²) in [7, 11) is 0. The van der Waals surface area contributed by atoms with Gasteiger partial charge in [0.25, 0.3) is 0 Å². The molecule has 0 saturated heterocycles. The van der Waals surface area contributed by atoms with Crippen molar-refractivity contribution < 1.29 is 5.11 Å². The van der Waals surface area contributed by atoms with Gasteiger partial charge in [-0.05, 0) is 45.9 Å². The number of aliphatic hydroxyl groups excluding tert-OH is 1. The Labute approximate surface area is 118 Å². The number of aliphatic hydroxyl groups is 1. The third kappa shape index (κ3) is 3.35. The summed E-state index contributed by atoms with van der Waals surface area (Å²) in [6.07, 6.45) is 2.28. The topological polar surface area (TPSA) is 20.2 Å². The fourth-order valence-corrected chi connectivity index (χ4v) is 3.88. The van der Waals surface area contributed by atoms with Gasteiger partial charge in [0.2, 0.25) is 0 Å². The molecular formula is C13H13BrOS2. The summed E-state index contributed by atoms with van der Waals surface area (Å²) in [5, 5.41) is 10.3. The first kappa shape index (κ1) is 13.1. The van der Waals surface area contributed by atoms with E-state index in [9.17, 15) is 5.11 Å². The van der Waals surface area contributed by atoms with Crippen LogP contribution < -0.4 is 0 Å². The molecule has 1 N–H and O–H groups in total. The van der Waals surface area contributed by atoms with Crippen molar-refractivity contribution in [1.82, 2.24) is 0 Å². The standard InChI is InChI=1S/C13H13BrOS2/c1-16-12-5-3-2-4-10(12)11(15)8-9-6-7-13(14)17-9/h2-7,11,15H,8H2,1H3. The molecule has 1 nitrogen and oxygen atoms in total. The molecule has 0 spiro atoms. The number of hydrogen-bond acceptors (Lipinski definition) is 3. The molecular weight excluding hydrogens is 316 g/mol. The highest BCUT2D eigenvalue weighted by molar-refractivity contribution is 9.11. The molecule has 1 atom stereocenters. The van der Waals surface area contributed by atoms with E-state index >= 15 is 0 Å². The smallest absolute Gasteiger partial charge is 0.0849 e. The summed E-state index contributed by atoms with van der Waals surface area (Å²) in [5.74, 6) is 0. The van der Waals surface area contributed by atoms with Gasteiger partial charge in [-0.1, -0.05) is 18.2 Å². The maximum absolute atomic E-state index is 10.3. The summed E-state index contributed by atoms with van der Waals surface area (Å²) < 4.78 is 1.11. The molecule has 0 aliphatic carbocycles. The second kappa shape index (κ2) is 6.05. The largest absolute Gasteiger partial charge is 0.388 e. The third-order valence-corrected chi connectivity index (χ3v) is 4.98. The molecule has 17 heavy (non-hydrogen) atoms. The molecule has 1 unspecified atom stereocenters. The molecule has 1 heterocycles. The number of halogens is 1. The summed E-state index contributed by atoms with van der Waals surface area (Å²) in [4.78, 5) is 2.34. The average Bonchev–Trinajstić information content (AvgIpc) is 2.74. The first-order chi connectivity index (χ1) is 8.20. The van der Waals surface area contributed by atoms with E-state index in [2.05, 4.69) is 22.0 Å². The van der Waals surface area contributed by atoms with Crippen LogP contribution in [0.25, 0.3) is 0 Å². The van der Waals surface area contributed by atoms with Gasteiger partial charge in [0, 0.05) is 16.2 Å². The molecule has 1 aromatic heterocycles. The lowest BCUT2D eigenvalue weighted by molar-refractivity contribution is 0.176. The van der Waals surface area contributed by atoms with Gasteiger partial charge in [0.05, 0.1) is 9.89 Å². The van der Waals surface area contributed by atoms with Crippen LogP contribution in [0.2, 0.25) is 0 Å². The number of hydrogen-bond donors (Lipinski definition) is 1. The highest BCUT2D eigenvalue weighted by Gasteiger charge is 2.13. The third-order valence-electron chi connectivity index (χ3n) is 2.52. The van der Waals surface area contributed by atoms with E-state index in [4.69, 9.17) is 0 Å². The summed E-state index contributed by atoms with van der Waals surface area (Å²) in [6.45, 7) is 0. The van der Waals surface area contributed by atoms with Crippen LogP contribution in [0.1, 0.15) is 16.5 Å². The van der Waals surface area contributed by atoms with E-state index in [0.717, 1.165) is 14.2 Å². The van der Waals surface area contributed by atoms with Gasteiger partial charge in [0.1, 0.15) is 0 Å². The first-order valence-electron chi connectivity index (χ1n) is 5.26. The van der Waals surface area contributed by atoms with Crippen molar-refractivity contribution in [1.29, 1.82) is 0 Å². The van der Waals surface area contributed by atoms with E-state index in [1.54, 1.807) is 23.1 Å². The summed E-state index contributed by atoms with van der Waals surface area (Å²) >= 11 is 6.79. The Morgan fingerprint density at radius 3 is 2.71 bits per heavy atom. The Morgan fingerprint density at radius 2 is 2.06 bits per heavy atom. The van der Waals surface area contributed by atoms with Gasteiger partial charge < -0.3 is 5.11 Å². The normalized spacial score (nSPS) is 12.6. The van der Waals surface area contributed by atoms with E-state index in [1.807, 2.05) is 36.6 Å². The molecule has 1 aromatic carbocycles. The lowest BCUT2D eigenvalue weighted by Gasteiger charge is -2.13. The zero-order chi connectivity index (χ0) is 12.3. The summed E-state index contributed by atoms with van der Waals surface area (Å²) in [6, 6.07) is 12.1. The highest BCUT2D eigenvalue weighted by Crippen LogP contribution is 2.30. The minimum Gasteiger partial charge on any atom is -0.388 e. The average molecular weight is 329 g/mol. The minimum atomic E-state index is -0.427. The van der Waals surface area contributed by atoms with Gasteiger partial charge >= 0.3 is 0 Å². The van der Waals surface area contributed by atoms with Crippen molar-refractivity contribution in [2.75, 3.05) is 6.26 Å². The molecule has 0 aliphatic rings. The molecule has 4 heteroatoms. The van der Waals surface area contributed by atoms with Crippen LogP contribution in [0, 0.1) is 0 Å². The zero-order valence-electron chi connectivity index (χ0n) is 9.39. The Balaban J connectivity index is 2.16. The van der Waals surface area contributed by atoms with Crippen LogP contribution in [-0.4, -0.2) is 11.4 Å². The van der Waals surface area contributed by atoms with Gasteiger partial charge in [-0.25, -0.2) is 0 Å². The molecule has 0 amide bonds. The molecule has 90 valence electrons. The molecule has 0 fully saturated rings. The quantitative estimate of drug-likeness (QED) is 0.833. The second-order valence-electron chi connectivity index (χ2n) is 3.67. The second-order valence-corrected chi connectivity index (χ2v) is 7.06. The van der Waals surface area contributed by atoms with Gasteiger partial charge in [-0.15, -0.1) is 23.1 Å². The van der Waals surface area contributed by atoms with E-state index in [1.165, 1.54) is 4.88 Å². The van der Waals surface area contributed by atoms with Gasteiger partial charge in [0.15, 0.2) is 0 Å². The Morgan fingerprint density at radius 1 is 1.29 bits per heavy atom. The lowest BCUT2D eigenvalue weighted by atomic mass is 10.1. The maximum Gasteiger partial charge on any atom is 0.0849 e. The Hall–Kier alpha value is -0.290.